The maximum absolute atomic E-state index is 13.9. The number of ether oxygens (including phenoxy) is 2. The molecule has 0 unspecified atom stereocenters. The van der Waals surface area contributed by atoms with Crippen LogP contribution in [0.2, 0.25) is 0 Å². The molecule has 0 saturated carbocycles. The van der Waals surface area contributed by atoms with Gasteiger partial charge in [-0.1, -0.05) is 31.5 Å². The number of aryl methyl sites for hydroxylation is 2. The second-order valence-corrected chi connectivity index (χ2v) is 10.5. The Morgan fingerprint density at radius 2 is 1.63 bits per heavy atom. The molecule has 4 rings (SSSR count). The second-order valence-electron chi connectivity index (χ2n) is 8.65. The molecule has 4 aromatic rings. The first-order valence-corrected chi connectivity index (χ1v) is 13.6. The van der Waals surface area contributed by atoms with Crippen LogP contribution in [0, 0.1) is 6.92 Å². The fourth-order valence-electron chi connectivity index (χ4n) is 4.23. The van der Waals surface area contributed by atoms with E-state index in [1.807, 2.05) is 26.0 Å². The van der Waals surface area contributed by atoms with Crippen LogP contribution in [-0.4, -0.2) is 42.3 Å². The van der Waals surface area contributed by atoms with Crippen LogP contribution in [0.25, 0.3) is 16.8 Å². The van der Waals surface area contributed by atoms with Crippen molar-refractivity contribution in [2.45, 2.75) is 42.9 Å². The monoisotopic (exact) mass is 535 g/mol. The van der Waals surface area contributed by atoms with Crippen molar-refractivity contribution in [2.75, 3.05) is 14.2 Å². The van der Waals surface area contributed by atoms with Crippen LogP contribution in [0.5, 0.6) is 17.4 Å². The summed E-state index contributed by atoms with van der Waals surface area (Å²) < 4.78 is 39.5. The summed E-state index contributed by atoms with van der Waals surface area (Å²) in [5.41, 5.74) is 1.74. The highest BCUT2D eigenvalue weighted by Gasteiger charge is 2.31. The Kier molecular flexibility index (Phi) is 7.82. The Labute approximate surface area is 221 Å². The lowest BCUT2D eigenvalue weighted by Gasteiger charge is -2.19. The van der Waals surface area contributed by atoms with Gasteiger partial charge in [0.15, 0.2) is 4.90 Å². The van der Waals surface area contributed by atoms with E-state index >= 15 is 0 Å². The fourth-order valence-corrected chi connectivity index (χ4v) is 5.56. The number of nitrogens with zero attached hydrogens (tertiary/aromatic N) is 3. The summed E-state index contributed by atoms with van der Waals surface area (Å²) in [6.45, 7) is 3.84. The topological polar surface area (TPSA) is 121 Å². The molecule has 2 heterocycles. The van der Waals surface area contributed by atoms with E-state index in [2.05, 4.69) is 9.97 Å². The minimum absolute atomic E-state index is 0.152. The lowest BCUT2D eigenvalue weighted by Crippen LogP contribution is -2.29. The van der Waals surface area contributed by atoms with Crippen molar-refractivity contribution in [1.82, 2.24) is 14.5 Å². The van der Waals surface area contributed by atoms with Gasteiger partial charge in [0.25, 0.3) is 5.56 Å². The molecule has 38 heavy (non-hydrogen) atoms. The summed E-state index contributed by atoms with van der Waals surface area (Å²) in [6, 6.07) is 14.7. The normalized spacial score (nSPS) is 11.4. The van der Waals surface area contributed by atoms with Crippen molar-refractivity contribution in [1.29, 1.82) is 0 Å². The van der Waals surface area contributed by atoms with Crippen LogP contribution in [-0.2, 0) is 16.3 Å². The highest BCUT2D eigenvalue weighted by Crippen LogP contribution is 2.34. The summed E-state index contributed by atoms with van der Waals surface area (Å²) in [7, 11) is -1.58. The highest BCUT2D eigenvalue weighted by molar-refractivity contribution is 7.91. The summed E-state index contributed by atoms with van der Waals surface area (Å²) in [4.78, 5) is 21.3. The number of rotatable bonds is 9. The van der Waals surface area contributed by atoms with Crippen LogP contribution in [0.1, 0.15) is 31.3 Å². The minimum Gasteiger partial charge on any atom is -0.494 e. The van der Waals surface area contributed by atoms with Crippen LogP contribution in [0.3, 0.4) is 0 Å². The van der Waals surface area contributed by atoms with Gasteiger partial charge >= 0.3 is 0 Å². The van der Waals surface area contributed by atoms with E-state index in [0.717, 1.165) is 27.8 Å². The van der Waals surface area contributed by atoms with E-state index in [4.69, 9.17) is 9.47 Å². The Hall–Kier alpha value is -4.18. The Balaban J connectivity index is 1.93. The minimum atomic E-state index is -4.45. The van der Waals surface area contributed by atoms with Gasteiger partial charge in [-0.15, -0.1) is 0 Å². The number of aromatic nitrogens is 3. The van der Waals surface area contributed by atoms with Gasteiger partial charge in [-0.2, -0.15) is 4.98 Å². The molecular weight excluding hydrogens is 506 g/mol. The number of pyridine rings is 1. The summed E-state index contributed by atoms with van der Waals surface area (Å²) >= 11 is 0. The molecule has 2 aromatic heterocycles. The zero-order valence-corrected chi connectivity index (χ0v) is 22.4. The maximum Gasteiger partial charge on any atom is 0.281 e. The van der Waals surface area contributed by atoms with Gasteiger partial charge in [0.1, 0.15) is 23.0 Å². The zero-order valence-electron chi connectivity index (χ0n) is 21.6. The summed E-state index contributed by atoms with van der Waals surface area (Å²) in [6.07, 6.45) is 3.45. The van der Waals surface area contributed by atoms with Gasteiger partial charge in [-0.3, -0.25) is 14.3 Å². The van der Waals surface area contributed by atoms with Crippen molar-refractivity contribution in [3.63, 3.8) is 0 Å². The van der Waals surface area contributed by atoms with Crippen LogP contribution in [0.15, 0.2) is 75.4 Å². The number of hydrogen-bond acceptors (Lipinski definition) is 8. The molecule has 0 bridgehead atoms. The Morgan fingerprint density at radius 3 is 2.21 bits per heavy atom. The molecule has 0 aliphatic carbocycles. The molecule has 0 spiro atoms. The van der Waals surface area contributed by atoms with Crippen LogP contribution >= 0.6 is 0 Å². The number of benzene rings is 2. The number of methoxy groups -OCH3 is 2. The maximum atomic E-state index is 13.9. The molecule has 10 heteroatoms. The molecule has 0 radical (unpaired) electrons. The molecule has 0 atom stereocenters. The molecule has 2 aromatic carbocycles. The molecule has 0 saturated heterocycles. The Bertz CT molecular complexity index is 1610. The predicted octanol–water partition coefficient (Wildman–Crippen LogP) is 4.50. The lowest BCUT2D eigenvalue weighted by molar-refractivity contribution is 0.386. The van der Waals surface area contributed by atoms with E-state index in [1.165, 1.54) is 26.4 Å². The average molecular weight is 536 g/mol. The lowest BCUT2D eigenvalue weighted by atomic mass is 10.1. The van der Waals surface area contributed by atoms with Gasteiger partial charge in [0.05, 0.1) is 19.1 Å². The number of unbranched alkanes of at least 4 members (excludes halogenated alkanes) is 1. The zero-order chi connectivity index (χ0) is 27.4. The third-order valence-electron chi connectivity index (χ3n) is 6.14. The van der Waals surface area contributed by atoms with E-state index in [0.29, 0.717) is 12.8 Å². The van der Waals surface area contributed by atoms with E-state index in [9.17, 15) is 18.3 Å². The number of aromatic hydroxyl groups is 1. The highest BCUT2D eigenvalue weighted by atomic mass is 32.2. The second kappa shape index (κ2) is 11.1. The fraction of sp³-hybridized carbons (Fsp3) is 0.250. The van der Waals surface area contributed by atoms with Crippen molar-refractivity contribution in [3.8, 4) is 34.2 Å². The third-order valence-corrected chi connectivity index (χ3v) is 7.92. The standard InChI is InChI=1S/C28H29N3O6S/c1-5-6-10-24-30-27(32)26(28(33)31(24)25-22(36-3)8-7-9-23(25)37-4)38(34,35)21-13-11-19(12-14-21)20-15-16-29-18(2)17-20/h7-9,11-17,32H,5-6,10H2,1-4H3. The van der Waals surface area contributed by atoms with Crippen molar-refractivity contribution in [2.24, 2.45) is 0 Å². The summed E-state index contributed by atoms with van der Waals surface area (Å²) in [5, 5.41) is 10.8. The molecular formula is C28H29N3O6S. The summed E-state index contributed by atoms with van der Waals surface area (Å²) in [5.74, 6) is -0.0753. The SMILES string of the molecule is CCCCc1nc(O)c(S(=O)(=O)c2ccc(-c3ccnc(C)c3)cc2)c(=O)n1-c1c(OC)cccc1OC. The molecule has 1 N–H and O–H groups in total. The largest absolute Gasteiger partial charge is 0.494 e. The Morgan fingerprint density at radius 1 is 0.974 bits per heavy atom. The van der Waals surface area contributed by atoms with Crippen molar-refractivity contribution >= 4 is 9.84 Å². The first kappa shape index (κ1) is 26.9. The van der Waals surface area contributed by atoms with Crippen molar-refractivity contribution < 1.29 is 23.0 Å². The van der Waals surface area contributed by atoms with E-state index < -0.39 is 26.2 Å². The van der Waals surface area contributed by atoms with Gasteiger partial charge in [-0.25, -0.2) is 8.42 Å². The first-order valence-electron chi connectivity index (χ1n) is 12.1. The molecule has 9 nitrogen and oxygen atoms in total. The smallest absolute Gasteiger partial charge is 0.281 e. The van der Waals surface area contributed by atoms with Crippen LogP contribution in [0.4, 0.5) is 0 Å². The van der Waals surface area contributed by atoms with Crippen molar-refractivity contribution in [3.05, 3.63) is 82.7 Å². The van der Waals surface area contributed by atoms with Crippen LogP contribution < -0.4 is 15.0 Å². The quantitative estimate of drug-likeness (QED) is 0.333. The average Bonchev–Trinajstić information content (AvgIpc) is 2.91. The van der Waals surface area contributed by atoms with Gasteiger partial charge in [-0.05, 0) is 60.9 Å². The van der Waals surface area contributed by atoms with E-state index in [1.54, 1.807) is 36.5 Å². The molecule has 0 amide bonds. The molecule has 198 valence electrons. The van der Waals surface area contributed by atoms with E-state index in [-0.39, 0.29) is 27.9 Å². The number of para-hydroxylation sites is 1. The predicted molar refractivity (Wildman–Crippen MR) is 143 cm³/mol. The first-order chi connectivity index (χ1) is 18.2. The van der Waals surface area contributed by atoms with Gasteiger partial charge in [0, 0.05) is 18.3 Å². The van der Waals surface area contributed by atoms with Gasteiger partial charge in [0.2, 0.25) is 15.7 Å². The molecule has 0 fully saturated rings. The molecule has 0 aliphatic heterocycles. The molecule has 0 aliphatic rings. The van der Waals surface area contributed by atoms with Gasteiger partial charge < -0.3 is 14.6 Å². The number of hydrogen-bond donors (Lipinski definition) is 1. The number of sulfone groups is 1. The third kappa shape index (κ3) is 4.99.